The third-order valence-electron chi connectivity index (χ3n) is 1.27. The van der Waals surface area contributed by atoms with E-state index in [0.717, 1.165) is 24.3 Å². The molecule has 6 nitrogen and oxygen atoms in total. The molecule has 0 heterocycles. The molecule has 0 saturated carbocycles. The van der Waals surface area contributed by atoms with Gasteiger partial charge in [-0.1, -0.05) is 0 Å². The molecular weight excluding hydrogens is 359 g/mol. The summed E-state index contributed by atoms with van der Waals surface area (Å²) in [5, 5.41) is 20.2. The van der Waals surface area contributed by atoms with E-state index < -0.39 is 9.85 Å². The Morgan fingerprint density at radius 1 is 0.846 bits per heavy atom. The molecule has 0 N–H and O–H groups in total. The molecule has 0 atom stereocenters. The van der Waals surface area contributed by atoms with E-state index in [2.05, 4.69) is 0 Å². The van der Waals surface area contributed by atoms with Crippen molar-refractivity contribution in [3.8, 4) is 0 Å². The van der Waals surface area contributed by atoms with Crippen LogP contribution >= 0.6 is 0 Å². The van der Waals surface area contributed by atoms with Crippen molar-refractivity contribution in [1.82, 2.24) is 0 Å². The van der Waals surface area contributed by atoms with Crippen molar-refractivity contribution in [2.45, 2.75) is 0 Å². The minimum atomic E-state index is -0.607. The van der Waals surface area contributed by atoms with Crippen molar-refractivity contribution in [1.29, 1.82) is 0 Å². The molecule has 1 aromatic rings. The number of hydrogen-bond donors (Lipinski definition) is 0. The minimum Gasteiger partial charge on any atom is -0.258 e. The van der Waals surface area contributed by atoms with Crippen LogP contribution in [0.3, 0.4) is 0 Å². The Morgan fingerprint density at radius 3 is 1.23 bits per heavy atom. The minimum absolute atomic E-state index is 0. The van der Waals surface area contributed by atoms with Gasteiger partial charge in [0.2, 0.25) is 0 Å². The Morgan fingerprint density at radius 2 is 1.08 bits per heavy atom. The van der Waals surface area contributed by atoms with Gasteiger partial charge in [0.05, 0.1) is 9.85 Å². The molecule has 0 aromatic heterocycles. The Bertz CT molecular complexity index is 291. The summed E-state index contributed by atoms with van der Waals surface area (Å²) in [6, 6.07) is 4.38. The second kappa shape index (κ2) is 4.67. The predicted octanol–water partition coefficient (Wildman–Crippen LogP) is 1.50. The Kier molecular flexibility index (Phi) is 4.20. The van der Waals surface area contributed by atoms with Crippen molar-refractivity contribution in [3.05, 3.63) is 44.5 Å². The second-order valence-corrected chi connectivity index (χ2v) is 2.03. The molecular formula is C6H4N2O4Pt. The standard InChI is InChI=1S/C6H4N2O4.Pt/c9-7(10)5-1-2-6(4-3-5)8(11)12;/h1-4H;. The monoisotopic (exact) mass is 363 g/mol. The molecule has 1 aromatic carbocycles. The number of hydrogen-bond acceptors (Lipinski definition) is 4. The normalized spacial score (nSPS) is 8.62. The van der Waals surface area contributed by atoms with Crippen LogP contribution in [-0.2, 0) is 21.1 Å². The van der Waals surface area contributed by atoms with Crippen LogP contribution in [0.25, 0.3) is 0 Å². The van der Waals surface area contributed by atoms with E-state index in [0.29, 0.717) is 0 Å². The quantitative estimate of drug-likeness (QED) is 0.589. The zero-order chi connectivity index (χ0) is 9.14. The Balaban J connectivity index is 0.00000144. The van der Waals surface area contributed by atoms with Crippen LogP contribution in [0.5, 0.6) is 0 Å². The maximum atomic E-state index is 10.1. The van der Waals surface area contributed by atoms with E-state index in [1.165, 1.54) is 0 Å². The molecule has 0 unspecified atom stereocenters. The number of benzene rings is 1. The first-order valence-corrected chi connectivity index (χ1v) is 3.00. The maximum Gasteiger partial charge on any atom is 0.269 e. The number of non-ortho nitro benzene ring substituents is 2. The van der Waals surface area contributed by atoms with Gasteiger partial charge in [0.15, 0.2) is 0 Å². The third kappa shape index (κ3) is 2.91. The van der Waals surface area contributed by atoms with Gasteiger partial charge in [-0.3, -0.25) is 20.2 Å². The second-order valence-electron chi connectivity index (χ2n) is 2.03. The average molecular weight is 363 g/mol. The van der Waals surface area contributed by atoms with Crippen LogP contribution in [0.1, 0.15) is 0 Å². The number of nitrogens with zero attached hydrogens (tertiary/aromatic N) is 2. The average Bonchev–Trinajstić information content (AvgIpc) is 2.04. The molecule has 72 valence electrons. The topological polar surface area (TPSA) is 86.3 Å². The van der Waals surface area contributed by atoms with Gasteiger partial charge in [-0.05, 0) is 0 Å². The van der Waals surface area contributed by atoms with E-state index in [1.807, 2.05) is 0 Å². The van der Waals surface area contributed by atoms with Gasteiger partial charge in [0.1, 0.15) is 0 Å². The summed E-state index contributed by atoms with van der Waals surface area (Å²) in [5.74, 6) is 0. The number of nitro benzene ring substituents is 2. The molecule has 7 heteroatoms. The van der Waals surface area contributed by atoms with Crippen LogP contribution in [0.4, 0.5) is 11.4 Å². The maximum absolute atomic E-state index is 10.1. The van der Waals surface area contributed by atoms with Crippen LogP contribution in [0.2, 0.25) is 0 Å². The molecule has 0 saturated heterocycles. The molecule has 0 aliphatic rings. The van der Waals surface area contributed by atoms with Crippen LogP contribution < -0.4 is 0 Å². The van der Waals surface area contributed by atoms with Gasteiger partial charge < -0.3 is 0 Å². The first kappa shape index (κ1) is 11.7. The van der Waals surface area contributed by atoms with Gasteiger partial charge in [0, 0.05) is 45.3 Å². The summed E-state index contributed by atoms with van der Waals surface area (Å²) in [5.41, 5.74) is -0.304. The fourth-order valence-electron chi connectivity index (χ4n) is 0.696. The summed E-state index contributed by atoms with van der Waals surface area (Å²) in [6.45, 7) is 0. The van der Waals surface area contributed by atoms with Gasteiger partial charge in [-0.15, -0.1) is 0 Å². The van der Waals surface area contributed by atoms with Crippen molar-refractivity contribution in [3.63, 3.8) is 0 Å². The molecule has 0 fully saturated rings. The van der Waals surface area contributed by atoms with Gasteiger partial charge in [-0.2, -0.15) is 0 Å². The van der Waals surface area contributed by atoms with E-state index >= 15 is 0 Å². The first-order valence-electron chi connectivity index (χ1n) is 3.00. The summed E-state index contributed by atoms with van der Waals surface area (Å²) in [4.78, 5) is 19.0. The van der Waals surface area contributed by atoms with E-state index in [1.54, 1.807) is 0 Å². The largest absolute Gasteiger partial charge is 0.269 e. The van der Waals surface area contributed by atoms with Crippen molar-refractivity contribution in [2.24, 2.45) is 0 Å². The van der Waals surface area contributed by atoms with E-state index in [-0.39, 0.29) is 32.4 Å². The summed E-state index contributed by atoms with van der Waals surface area (Å²) >= 11 is 0. The van der Waals surface area contributed by atoms with Gasteiger partial charge in [-0.25, -0.2) is 0 Å². The molecule has 0 spiro atoms. The Labute approximate surface area is 87.1 Å². The smallest absolute Gasteiger partial charge is 0.258 e. The molecule has 0 radical (unpaired) electrons. The summed E-state index contributed by atoms with van der Waals surface area (Å²) < 4.78 is 0. The first-order chi connectivity index (χ1) is 5.61. The van der Waals surface area contributed by atoms with Gasteiger partial charge >= 0.3 is 0 Å². The van der Waals surface area contributed by atoms with Crippen LogP contribution in [0, 0.1) is 20.2 Å². The fourth-order valence-corrected chi connectivity index (χ4v) is 0.696. The Hall–Kier alpha value is -1.29. The van der Waals surface area contributed by atoms with E-state index in [9.17, 15) is 20.2 Å². The van der Waals surface area contributed by atoms with Crippen molar-refractivity contribution in [2.75, 3.05) is 0 Å². The number of rotatable bonds is 2. The fraction of sp³-hybridized carbons (Fsp3) is 0. The molecule has 13 heavy (non-hydrogen) atoms. The van der Waals surface area contributed by atoms with Gasteiger partial charge in [0.25, 0.3) is 11.4 Å². The number of nitro groups is 2. The molecule has 0 aliphatic heterocycles. The SMILES string of the molecule is O=[N+]([O-])c1ccc([N+](=O)[O-])cc1.[Pt]. The molecule has 1 rings (SSSR count). The van der Waals surface area contributed by atoms with Crippen molar-refractivity contribution < 1.29 is 30.9 Å². The van der Waals surface area contributed by atoms with Crippen molar-refractivity contribution >= 4 is 11.4 Å². The molecule has 0 aliphatic carbocycles. The summed E-state index contributed by atoms with van der Waals surface area (Å²) in [6.07, 6.45) is 0. The van der Waals surface area contributed by atoms with Crippen LogP contribution in [-0.4, -0.2) is 9.85 Å². The summed E-state index contributed by atoms with van der Waals surface area (Å²) in [7, 11) is 0. The zero-order valence-corrected chi connectivity index (χ0v) is 8.43. The predicted molar refractivity (Wildman–Crippen MR) is 39.8 cm³/mol. The van der Waals surface area contributed by atoms with E-state index in [4.69, 9.17) is 0 Å². The van der Waals surface area contributed by atoms with Crippen LogP contribution in [0.15, 0.2) is 24.3 Å². The molecule has 0 amide bonds. The third-order valence-corrected chi connectivity index (χ3v) is 1.27. The zero-order valence-electron chi connectivity index (χ0n) is 6.15. The molecule has 0 bridgehead atoms.